The highest BCUT2D eigenvalue weighted by Crippen LogP contribution is 2.12. The first kappa shape index (κ1) is 22.3. The molecule has 0 fully saturated rings. The van der Waals surface area contributed by atoms with Gasteiger partial charge in [0.1, 0.15) is 5.75 Å². The molecule has 1 aromatic carbocycles. The van der Waals surface area contributed by atoms with Crippen LogP contribution in [0.5, 0.6) is 5.75 Å². The Morgan fingerprint density at radius 3 is 2.54 bits per heavy atom. The molecule has 0 atom stereocenters. The molecule has 0 heterocycles. The zero-order chi connectivity index (χ0) is 18.9. The van der Waals surface area contributed by atoms with E-state index in [9.17, 15) is 9.59 Å². The SMILES string of the molecule is CCCCCCCCNC(=O)/C=C\SC(=O)CCCOc1ccccc1. The second kappa shape index (κ2) is 15.5. The quantitative estimate of drug-likeness (QED) is 0.362. The summed E-state index contributed by atoms with van der Waals surface area (Å²) in [5.74, 6) is 0.681. The number of thioether (sulfide) groups is 1. The van der Waals surface area contributed by atoms with Crippen LogP contribution in [0.3, 0.4) is 0 Å². The van der Waals surface area contributed by atoms with Crippen LogP contribution in [-0.4, -0.2) is 24.2 Å². The first-order valence-electron chi connectivity index (χ1n) is 9.54. The summed E-state index contributed by atoms with van der Waals surface area (Å²) in [5, 5.41) is 4.46. The smallest absolute Gasteiger partial charge is 0.244 e. The van der Waals surface area contributed by atoms with Crippen molar-refractivity contribution >= 4 is 22.8 Å². The molecule has 0 unspecified atom stereocenters. The van der Waals surface area contributed by atoms with Gasteiger partial charge >= 0.3 is 0 Å². The van der Waals surface area contributed by atoms with Gasteiger partial charge in [-0.3, -0.25) is 9.59 Å². The third kappa shape index (κ3) is 12.6. The van der Waals surface area contributed by atoms with Crippen molar-refractivity contribution in [2.24, 2.45) is 0 Å². The van der Waals surface area contributed by atoms with Gasteiger partial charge in [-0.2, -0.15) is 0 Å². The molecule has 5 heteroatoms. The fourth-order valence-electron chi connectivity index (χ4n) is 2.33. The van der Waals surface area contributed by atoms with Gasteiger partial charge in [-0.1, -0.05) is 69.0 Å². The molecule has 0 radical (unpaired) electrons. The van der Waals surface area contributed by atoms with E-state index in [1.54, 1.807) is 5.41 Å². The summed E-state index contributed by atoms with van der Waals surface area (Å²) >= 11 is 1.07. The maximum absolute atomic E-state index is 11.7. The Morgan fingerprint density at radius 1 is 1.04 bits per heavy atom. The van der Waals surface area contributed by atoms with Crippen molar-refractivity contribution in [1.82, 2.24) is 5.32 Å². The zero-order valence-electron chi connectivity index (χ0n) is 15.7. The molecule has 144 valence electrons. The zero-order valence-corrected chi connectivity index (χ0v) is 16.6. The lowest BCUT2D eigenvalue weighted by atomic mass is 10.1. The predicted molar refractivity (Wildman–Crippen MR) is 109 cm³/mol. The summed E-state index contributed by atoms with van der Waals surface area (Å²) in [6.07, 6.45) is 9.74. The van der Waals surface area contributed by atoms with Gasteiger partial charge in [0.2, 0.25) is 5.91 Å². The van der Waals surface area contributed by atoms with E-state index in [4.69, 9.17) is 4.74 Å². The molecule has 1 aromatic rings. The van der Waals surface area contributed by atoms with E-state index < -0.39 is 0 Å². The lowest BCUT2D eigenvalue weighted by Crippen LogP contribution is -2.21. The molecule has 1 N–H and O–H groups in total. The number of hydrogen-bond acceptors (Lipinski definition) is 4. The van der Waals surface area contributed by atoms with Crippen molar-refractivity contribution in [3.05, 3.63) is 41.8 Å². The van der Waals surface area contributed by atoms with Crippen LogP contribution in [0.15, 0.2) is 41.8 Å². The lowest BCUT2D eigenvalue weighted by molar-refractivity contribution is -0.116. The number of rotatable bonds is 14. The molecule has 0 spiro atoms. The van der Waals surface area contributed by atoms with Crippen LogP contribution in [0.1, 0.15) is 58.3 Å². The highest BCUT2D eigenvalue weighted by Gasteiger charge is 2.02. The maximum Gasteiger partial charge on any atom is 0.244 e. The minimum absolute atomic E-state index is 0.0432. The number of para-hydroxylation sites is 1. The molecule has 0 saturated carbocycles. The molecule has 1 rings (SSSR count). The Balaban J connectivity index is 1.98. The van der Waals surface area contributed by atoms with E-state index in [0.717, 1.165) is 30.4 Å². The molecular weight excluding hydrogens is 346 g/mol. The van der Waals surface area contributed by atoms with Crippen molar-refractivity contribution in [2.45, 2.75) is 58.3 Å². The van der Waals surface area contributed by atoms with Crippen molar-refractivity contribution in [3.8, 4) is 5.75 Å². The first-order valence-corrected chi connectivity index (χ1v) is 10.4. The van der Waals surface area contributed by atoms with Crippen molar-refractivity contribution < 1.29 is 14.3 Å². The van der Waals surface area contributed by atoms with Gasteiger partial charge in [-0.05, 0) is 30.4 Å². The van der Waals surface area contributed by atoms with Gasteiger partial charge in [0.25, 0.3) is 0 Å². The molecule has 0 bridgehead atoms. The topological polar surface area (TPSA) is 55.4 Å². The third-order valence-electron chi connectivity index (χ3n) is 3.79. The molecular formula is C21H31NO3S. The fraction of sp³-hybridized carbons (Fsp3) is 0.524. The monoisotopic (exact) mass is 377 g/mol. The number of carbonyl (C=O) groups excluding carboxylic acids is 2. The van der Waals surface area contributed by atoms with Crippen LogP contribution in [0.2, 0.25) is 0 Å². The molecule has 0 aromatic heterocycles. The standard InChI is InChI=1S/C21H31NO3S/c1-2-3-4-5-6-10-16-22-20(23)15-18-26-21(24)14-11-17-25-19-12-8-7-9-13-19/h7-9,12-13,15,18H,2-6,10-11,14,16-17H2,1H3,(H,22,23)/b18-15-. The van der Waals surface area contributed by atoms with Gasteiger partial charge < -0.3 is 10.1 Å². The minimum Gasteiger partial charge on any atom is -0.494 e. The summed E-state index contributed by atoms with van der Waals surface area (Å²) in [5.41, 5.74) is 0. The first-order chi connectivity index (χ1) is 12.7. The van der Waals surface area contributed by atoms with Gasteiger partial charge in [0.05, 0.1) is 6.61 Å². The summed E-state index contributed by atoms with van der Waals surface area (Å²) < 4.78 is 5.54. The van der Waals surface area contributed by atoms with E-state index in [2.05, 4.69) is 12.2 Å². The van der Waals surface area contributed by atoms with Crippen molar-refractivity contribution in [1.29, 1.82) is 0 Å². The highest BCUT2D eigenvalue weighted by molar-refractivity contribution is 8.16. The Labute approximate surface area is 161 Å². The van der Waals surface area contributed by atoms with Crippen molar-refractivity contribution in [2.75, 3.05) is 13.2 Å². The summed E-state index contributed by atoms with van der Waals surface area (Å²) in [7, 11) is 0. The fourth-order valence-corrected chi connectivity index (χ4v) is 2.94. The van der Waals surface area contributed by atoms with Crippen LogP contribution in [0.4, 0.5) is 0 Å². The number of benzene rings is 1. The second-order valence-corrected chi connectivity index (χ2v) is 7.08. The number of unbranched alkanes of at least 4 members (excludes halogenated alkanes) is 5. The Hall–Kier alpha value is -1.75. The van der Waals surface area contributed by atoms with Crippen LogP contribution < -0.4 is 10.1 Å². The van der Waals surface area contributed by atoms with E-state index in [-0.39, 0.29) is 11.0 Å². The Morgan fingerprint density at radius 2 is 1.77 bits per heavy atom. The summed E-state index contributed by atoms with van der Waals surface area (Å²) in [6, 6.07) is 9.55. The average molecular weight is 378 g/mol. The van der Waals surface area contributed by atoms with Gasteiger partial charge in [-0.25, -0.2) is 0 Å². The number of ether oxygens (including phenoxy) is 1. The lowest BCUT2D eigenvalue weighted by Gasteiger charge is -2.04. The van der Waals surface area contributed by atoms with E-state index >= 15 is 0 Å². The van der Waals surface area contributed by atoms with Crippen molar-refractivity contribution in [3.63, 3.8) is 0 Å². The normalized spacial score (nSPS) is 10.8. The number of nitrogens with one attached hydrogen (secondary N) is 1. The predicted octanol–water partition coefficient (Wildman–Crippen LogP) is 5.10. The third-order valence-corrected chi connectivity index (χ3v) is 4.52. The number of hydrogen-bond donors (Lipinski definition) is 1. The van der Waals surface area contributed by atoms with Gasteiger partial charge in [-0.15, -0.1) is 0 Å². The van der Waals surface area contributed by atoms with Crippen LogP contribution in [0, 0.1) is 0 Å². The Kier molecular flexibility index (Phi) is 13.3. The van der Waals surface area contributed by atoms with E-state index in [0.29, 0.717) is 26.0 Å². The minimum atomic E-state index is -0.133. The maximum atomic E-state index is 11.7. The largest absolute Gasteiger partial charge is 0.494 e. The summed E-state index contributed by atoms with van der Waals surface area (Å²) in [4.78, 5) is 23.4. The van der Waals surface area contributed by atoms with Gasteiger partial charge in [0, 0.05) is 19.0 Å². The molecule has 0 aliphatic rings. The molecule has 0 saturated heterocycles. The molecule has 1 amide bonds. The van der Waals surface area contributed by atoms with Crippen LogP contribution in [0.25, 0.3) is 0 Å². The second-order valence-electron chi connectivity index (χ2n) is 6.12. The van der Waals surface area contributed by atoms with Crippen LogP contribution in [-0.2, 0) is 9.59 Å². The average Bonchev–Trinajstić information content (AvgIpc) is 2.65. The van der Waals surface area contributed by atoms with E-state index in [1.807, 2.05) is 30.3 Å². The van der Waals surface area contributed by atoms with Gasteiger partial charge in [0.15, 0.2) is 5.12 Å². The highest BCUT2D eigenvalue weighted by atomic mass is 32.2. The van der Waals surface area contributed by atoms with E-state index in [1.165, 1.54) is 31.8 Å². The molecule has 0 aliphatic heterocycles. The Bertz CT molecular complexity index is 531. The molecule has 0 aliphatic carbocycles. The summed E-state index contributed by atoms with van der Waals surface area (Å²) in [6.45, 7) is 3.41. The number of carbonyl (C=O) groups is 2. The number of amides is 1. The molecule has 4 nitrogen and oxygen atoms in total. The molecule has 26 heavy (non-hydrogen) atoms. The van der Waals surface area contributed by atoms with Crippen LogP contribution >= 0.6 is 11.8 Å².